The van der Waals surface area contributed by atoms with Gasteiger partial charge in [0.05, 0.1) is 0 Å². The fraction of sp³-hybridized carbons (Fsp3) is 0.857. The summed E-state index contributed by atoms with van der Waals surface area (Å²) >= 11 is 1.59. The summed E-state index contributed by atoms with van der Waals surface area (Å²) in [7, 11) is 0. The molecule has 0 radical (unpaired) electrons. The molecule has 6 heteroatoms. The van der Waals surface area contributed by atoms with Crippen molar-refractivity contribution in [1.29, 1.82) is 0 Å². The maximum absolute atomic E-state index is 12.3. The number of aliphatic carboxylic acids is 1. The first-order chi connectivity index (χ1) is 9.60. The number of urea groups is 1. The SMILES string of the molecule is CCCC1CCCCN1C(=O)N[C@@H](CCSC)C(=O)O. The van der Waals surface area contributed by atoms with Crippen LogP contribution in [0.4, 0.5) is 4.79 Å². The van der Waals surface area contributed by atoms with Gasteiger partial charge in [-0.1, -0.05) is 13.3 Å². The molecule has 5 nitrogen and oxygen atoms in total. The van der Waals surface area contributed by atoms with Crippen molar-refractivity contribution in [3.63, 3.8) is 0 Å². The van der Waals surface area contributed by atoms with Gasteiger partial charge in [-0.05, 0) is 44.1 Å². The van der Waals surface area contributed by atoms with E-state index in [-0.39, 0.29) is 12.1 Å². The van der Waals surface area contributed by atoms with Gasteiger partial charge in [0.2, 0.25) is 0 Å². The van der Waals surface area contributed by atoms with Crippen molar-refractivity contribution < 1.29 is 14.7 Å². The second-order valence-corrected chi connectivity index (χ2v) is 6.24. The maximum Gasteiger partial charge on any atom is 0.326 e. The summed E-state index contributed by atoms with van der Waals surface area (Å²) in [4.78, 5) is 25.3. The number of piperidine rings is 1. The molecule has 2 N–H and O–H groups in total. The maximum atomic E-state index is 12.3. The lowest BCUT2D eigenvalue weighted by Gasteiger charge is -2.36. The smallest absolute Gasteiger partial charge is 0.326 e. The van der Waals surface area contributed by atoms with Crippen LogP contribution in [0.3, 0.4) is 0 Å². The van der Waals surface area contributed by atoms with Crippen LogP contribution in [-0.4, -0.2) is 52.6 Å². The summed E-state index contributed by atoms with van der Waals surface area (Å²) < 4.78 is 0. The molecule has 1 rings (SSSR count). The van der Waals surface area contributed by atoms with Crippen LogP contribution in [0.25, 0.3) is 0 Å². The van der Waals surface area contributed by atoms with E-state index in [1.165, 1.54) is 0 Å². The van der Waals surface area contributed by atoms with E-state index in [1.807, 2.05) is 11.2 Å². The van der Waals surface area contributed by atoms with Gasteiger partial charge in [0, 0.05) is 12.6 Å². The minimum Gasteiger partial charge on any atom is -0.480 e. The van der Waals surface area contributed by atoms with Crippen molar-refractivity contribution >= 4 is 23.8 Å². The number of hydrogen-bond acceptors (Lipinski definition) is 3. The van der Waals surface area contributed by atoms with Gasteiger partial charge in [0.1, 0.15) is 6.04 Å². The average molecular weight is 302 g/mol. The molecule has 0 saturated carbocycles. The zero-order chi connectivity index (χ0) is 15.0. The van der Waals surface area contributed by atoms with Crippen LogP contribution in [0.5, 0.6) is 0 Å². The van der Waals surface area contributed by atoms with Crippen molar-refractivity contribution in [3.8, 4) is 0 Å². The molecule has 1 aliphatic rings. The third-order valence-electron chi connectivity index (χ3n) is 3.72. The van der Waals surface area contributed by atoms with Gasteiger partial charge in [-0.2, -0.15) is 11.8 Å². The predicted molar refractivity (Wildman–Crippen MR) is 82.2 cm³/mol. The number of amides is 2. The molecule has 20 heavy (non-hydrogen) atoms. The fourth-order valence-corrected chi connectivity index (χ4v) is 3.10. The van der Waals surface area contributed by atoms with E-state index in [9.17, 15) is 14.7 Å². The van der Waals surface area contributed by atoms with E-state index in [0.29, 0.717) is 6.42 Å². The van der Waals surface area contributed by atoms with Gasteiger partial charge in [0.25, 0.3) is 0 Å². The number of rotatable bonds is 7. The highest BCUT2D eigenvalue weighted by Crippen LogP contribution is 2.21. The second kappa shape index (κ2) is 9.10. The van der Waals surface area contributed by atoms with E-state index in [4.69, 9.17) is 0 Å². The minimum atomic E-state index is -0.948. The lowest BCUT2D eigenvalue weighted by atomic mass is 9.98. The molecule has 116 valence electrons. The number of thioether (sulfide) groups is 1. The Morgan fingerprint density at radius 1 is 1.45 bits per heavy atom. The molecule has 1 saturated heterocycles. The fourth-order valence-electron chi connectivity index (χ4n) is 2.63. The van der Waals surface area contributed by atoms with Crippen molar-refractivity contribution in [2.75, 3.05) is 18.6 Å². The molecule has 0 aromatic carbocycles. The molecule has 2 amide bonds. The Morgan fingerprint density at radius 2 is 2.20 bits per heavy atom. The number of nitrogens with one attached hydrogen (secondary N) is 1. The molecule has 0 spiro atoms. The first-order valence-corrected chi connectivity index (χ1v) is 8.78. The molecule has 0 aliphatic carbocycles. The monoisotopic (exact) mass is 302 g/mol. The Balaban J connectivity index is 2.58. The Labute approximate surface area is 125 Å². The van der Waals surface area contributed by atoms with E-state index in [0.717, 1.165) is 44.4 Å². The molecule has 0 aromatic rings. The molecule has 1 heterocycles. The van der Waals surface area contributed by atoms with Gasteiger partial charge in [-0.15, -0.1) is 0 Å². The number of nitrogens with zero attached hydrogens (tertiary/aromatic N) is 1. The summed E-state index contributed by atoms with van der Waals surface area (Å²) in [5, 5.41) is 11.9. The average Bonchev–Trinajstić information content (AvgIpc) is 2.43. The second-order valence-electron chi connectivity index (χ2n) is 5.25. The molecular weight excluding hydrogens is 276 g/mol. The van der Waals surface area contributed by atoms with Crippen molar-refractivity contribution in [1.82, 2.24) is 10.2 Å². The molecule has 1 fully saturated rings. The Morgan fingerprint density at radius 3 is 2.80 bits per heavy atom. The normalized spacial score (nSPS) is 20.5. The van der Waals surface area contributed by atoms with Gasteiger partial charge in [0.15, 0.2) is 0 Å². The number of carboxylic acids is 1. The van der Waals surface area contributed by atoms with Crippen molar-refractivity contribution in [2.45, 2.75) is 57.5 Å². The zero-order valence-electron chi connectivity index (χ0n) is 12.4. The predicted octanol–water partition coefficient (Wildman–Crippen LogP) is 2.56. The number of carboxylic acid groups (broad SMARTS) is 1. The first-order valence-electron chi connectivity index (χ1n) is 7.39. The van der Waals surface area contributed by atoms with Crippen molar-refractivity contribution in [3.05, 3.63) is 0 Å². The largest absolute Gasteiger partial charge is 0.480 e. The third kappa shape index (κ3) is 5.23. The molecular formula is C14H26N2O3S. The lowest BCUT2D eigenvalue weighted by molar-refractivity contribution is -0.139. The topological polar surface area (TPSA) is 69.6 Å². The zero-order valence-corrected chi connectivity index (χ0v) is 13.2. The molecule has 0 bridgehead atoms. The summed E-state index contributed by atoms with van der Waals surface area (Å²) in [6.45, 7) is 2.86. The van der Waals surface area contributed by atoms with E-state index in [1.54, 1.807) is 11.8 Å². The highest BCUT2D eigenvalue weighted by Gasteiger charge is 2.28. The number of likely N-dealkylation sites (tertiary alicyclic amines) is 1. The number of hydrogen-bond donors (Lipinski definition) is 2. The van der Waals surface area contributed by atoms with Crippen LogP contribution in [0.1, 0.15) is 45.4 Å². The van der Waals surface area contributed by atoms with Gasteiger partial charge in [-0.25, -0.2) is 9.59 Å². The van der Waals surface area contributed by atoms with Crippen LogP contribution in [0, 0.1) is 0 Å². The molecule has 1 unspecified atom stereocenters. The standard InChI is InChI=1S/C14H26N2O3S/c1-3-6-11-7-4-5-9-16(11)14(19)15-12(13(17)18)8-10-20-2/h11-12H,3-10H2,1-2H3,(H,15,19)(H,17,18)/t11?,12-/m0/s1. The summed E-state index contributed by atoms with van der Waals surface area (Å²) in [5.41, 5.74) is 0. The van der Waals surface area contributed by atoms with Crippen LogP contribution in [-0.2, 0) is 4.79 Å². The third-order valence-corrected chi connectivity index (χ3v) is 4.36. The summed E-state index contributed by atoms with van der Waals surface area (Å²) in [6, 6.07) is -0.723. The van der Waals surface area contributed by atoms with Gasteiger partial charge < -0.3 is 15.3 Å². The van der Waals surface area contributed by atoms with Gasteiger partial charge >= 0.3 is 12.0 Å². The minimum absolute atomic E-state index is 0.211. The quantitative estimate of drug-likeness (QED) is 0.758. The molecule has 1 aliphatic heterocycles. The first kappa shape index (κ1) is 17.1. The molecule has 2 atom stereocenters. The highest BCUT2D eigenvalue weighted by atomic mass is 32.2. The van der Waals surface area contributed by atoms with Crippen LogP contribution < -0.4 is 5.32 Å². The lowest BCUT2D eigenvalue weighted by Crippen LogP contribution is -2.53. The van der Waals surface area contributed by atoms with E-state index >= 15 is 0 Å². The van der Waals surface area contributed by atoms with Gasteiger partial charge in [-0.3, -0.25) is 0 Å². The number of carbonyl (C=O) groups is 2. The molecule has 0 aromatic heterocycles. The Bertz CT molecular complexity index is 324. The van der Waals surface area contributed by atoms with Crippen LogP contribution in [0.15, 0.2) is 0 Å². The van der Waals surface area contributed by atoms with E-state index in [2.05, 4.69) is 12.2 Å². The van der Waals surface area contributed by atoms with Crippen LogP contribution >= 0.6 is 11.8 Å². The van der Waals surface area contributed by atoms with E-state index < -0.39 is 12.0 Å². The Hall–Kier alpha value is -0.910. The van der Waals surface area contributed by atoms with Crippen LogP contribution in [0.2, 0.25) is 0 Å². The highest BCUT2D eigenvalue weighted by molar-refractivity contribution is 7.98. The number of carbonyl (C=O) groups excluding carboxylic acids is 1. The Kier molecular flexibility index (Phi) is 7.80. The summed E-state index contributed by atoms with van der Waals surface area (Å²) in [6.07, 6.45) is 7.64. The van der Waals surface area contributed by atoms with Crippen molar-refractivity contribution in [2.24, 2.45) is 0 Å². The summed E-state index contributed by atoms with van der Waals surface area (Å²) in [5.74, 6) is -0.216.